The lowest BCUT2D eigenvalue weighted by atomic mass is 9.95. The number of nitrogens with zero attached hydrogens (tertiary/aromatic N) is 3. The van der Waals surface area contributed by atoms with E-state index in [0.29, 0.717) is 0 Å². The average Bonchev–Trinajstić information content (AvgIpc) is 2.31. The molecule has 112 valence electrons. The quantitative estimate of drug-likeness (QED) is 0.488. The minimum atomic E-state index is -0.919. The summed E-state index contributed by atoms with van der Waals surface area (Å²) in [4.78, 5) is 31.4. The fraction of sp³-hybridized carbons (Fsp3) is 0.273. The van der Waals surface area contributed by atoms with E-state index in [1.165, 1.54) is 20.8 Å². The molecule has 0 radical (unpaired) electrons. The second-order valence-corrected chi connectivity index (χ2v) is 4.23. The maximum atomic E-state index is 11.1. The number of carbonyl (C=O) groups excluding carboxylic acids is 1. The van der Waals surface area contributed by atoms with E-state index in [1.807, 2.05) is 5.43 Å². The number of rotatable bonds is 4. The number of nitro benzene ring substituents is 2. The Hall–Kier alpha value is -3.04. The predicted molar refractivity (Wildman–Crippen MR) is 74.3 cm³/mol. The molecule has 0 saturated heterocycles. The molecule has 0 aliphatic rings. The minimum Gasteiger partial charge on any atom is -0.350 e. The molecule has 0 fully saturated rings. The number of hydrogen-bond acceptors (Lipinski definition) is 6. The number of nitro groups is 2. The molecule has 3 N–H and O–H groups in total. The summed E-state index contributed by atoms with van der Waals surface area (Å²) in [6.07, 6.45) is 1.09. The zero-order valence-corrected chi connectivity index (χ0v) is 11.5. The highest BCUT2D eigenvalue weighted by atomic mass is 16.6. The largest absolute Gasteiger partial charge is 0.350 e. The summed E-state index contributed by atoms with van der Waals surface area (Å²) in [6.45, 7) is 4.22. The number of carbonyl (C=O) groups is 1. The molecule has 10 nitrogen and oxygen atoms in total. The van der Waals surface area contributed by atoms with E-state index in [4.69, 9.17) is 5.73 Å². The lowest BCUT2D eigenvalue weighted by molar-refractivity contribution is -0.395. The van der Waals surface area contributed by atoms with Crippen molar-refractivity contribution in [3.05, 3.63) is 42.5 Å². The van der Waals surface area contributed by atoms with Gasteiger partial charge in [0.2, 0.25) is 0 Å². The summed E-state index contributed by atoms with van der Waals surface area (Å²) in [7, 11) is 0. The molecule has 0 atom stereocenters. The van der Waals surface area contributed by atoms with Crippen molar-refractivity contribution in [3.63, 3.8) is 0 Å². The lowest BCUT2D eigenvalue weighted by Crippen LogP contribution is -2.24. The molecule has 0 aliphatic carbocycles. The number of nitrogens with one attached hydrogen (secondary N) is 1. The van der Waals surface area contributed by atoms with Crippen LogP contribution in [0.4, 0.5) is 16.2 Å². The Morgan fingerprint density at radius 3 is 1.86 bits per heavy atom. The molecular formula is C11H13N5O5. The summed E-state index contributed by atoms with van der Waals surface area (Å²) in [6, 6.07) is -0.919. The molecule has 0 aliphatic heterocycles. The third-order valence-electron chi connectivity index (χ3n) is 2.96. The molecule has 0 aromatic heterocycles. The van der Waals surface area contributed by atoms with Gasteiger partial charge in [-0.15, -0.1) is 0 Å². The fourth-order valence-corrected chi connectivity index (χ4v) is 2.11. The molecular weight excluding hydrogens is 282 g/mol. The van der Waals surface area contributed by atoms with Crippen LogP contribution >= 0.6 is 0 Å². The Kier molecular flexibility index (Phi) is 4.53. The fourth-order valence-electron chi connectivity index (χ4n) is 2.11. The monoisotopic (exact) mass is 295 g/mol. The van der Waals surface area contributed by atoms with Crippen molar-refractivity contribution in [2.75, 3.05) is 0 Å². The van der Waals surface area contributed by atoms with Gasteiger partial charge in [0.15, 0.2) is 0 Å². The SMILES string of the molecule is Cc1c(C=NNC(N)=O)c(C)c([N+](=O)[O-])c(C)c1[N+](=O)[O-]. The molecule has 0 heterocycles. The summed E-state index contributed by atoms with van der Waals surface area (Å²) in [5, 5.41) is 25.7. The first-order valence-corrected chi connectivity index (χ1v) is 5.69. The van der Waals surface area contributed by atoms with Crippen molar-refractivity contribution >= 4 is 23.6 Å². The normalized spacial score (nSPS) is 10.6. The van der Waals surface area contributed by atoms with Crippen LogP contribution in [-0.4, -0.2) is 22.1 Å². The second kappa shape index (κ2) is 5.94. The van der Waals surface area contributed by atoms with Gasteiger partial charge in [-0.1, -0.05) is 0 Å². The van der Waals surface area contributed by atoms with Crippen LogP contribution in [0, 0.1) is 41.0 Å². The van der Waals surface area contributed by atoms with E-state index in [2.05, 4.69) is 5.10 Å². The van der Waals surface area contributed by atoms with Crippen LogP contribution in [0.2, 0.25) is 0 Å². The molecule has 21 heavy (non-hydrogen) atoms. The van der Waals surface area contributed by atoms with Gasteiger partial charge >= 0.3 is 6.03 Å². The summed E-state index contributed by atoms with van der Waals surface area (Å²) in [5.41, 5.74) is 6.65. The molecule has 1 rings (SSSR count). The Labute approximate surface area is 118 Å². The highest BCUT2D eigenvalue weighted by Gasteiger charge is 2.30. The number of hydrogen-bond donors (Lipinski definition) is 2. The van der Waals surface area contributed by atoms with Crippen molar-refractivity contribution in [1.29, 1.82) is 0 Å². The first-order valence-electron chi connectivity index (χ1n) is 5.69. The minimum absolute atomic E-state index is 0.0278. The third-order valence-corrected chi connectivity index (χ3v) is 2.96. The van der Waals surface area contributed by atoms with Crippen LogP contribution in [0.5, 0.6) is 0 Å². The standard InChI is InChI=1S/C11H13N5O5/c1-5-8(4-13-14-11(12)17)6(2)10(16(20)21)7(3)9(5)15(18)19/h4H,1-3H3,(H3,12,14,17). The van der Waals surface area contributed by atoms with Gasteiger partial charge in [-0.05, 0) is 20.8 Å². The van der Waals surface area contributed by atoms with Gasteiger partial charge in [0, 0.05) is 16.7 Å². The number of amides is 2. The smallest absolute Gasteiger partial charge is 0.332 e. The van der Waals surface area contributed by atoms with Gasteiger partial charge in [-0.2, -0.15) is 5.10 Å². The van der Waals surface area contributed by atoms with Gasteiger partial charge in [0.05, 0.1) is 16.1 Å². The van der Waals surface area contributed by atoms with Crippen LogP contribution in [-0.2, 0) is 0 Å². The highest BCUT2D eigenvalue weighted by molar-refractivity contribution is 5.89. The van der Waals surface area contributed by atoms with Crippen molar-refractivity contribution in [2.45, 2.75) is 20.8 Å². The number of benzene rings is 1. The van der Waals surface area contributed by atoms with Crippen molar-refractivity contribution in [2.24, 2.45) is 10.8 Å². The number of hydrazone groups is 1. The molecule has 0 unspecified atom stereocenters. The van der Waals surface area contributed by atoms with Gasteiger partial charge in [-0.3, -0.25) is 20.2 Å². The Morgan fingerprint density at radius 1 is 1.10 bits per heavy atom. The Balaban J connectivity index is 3.63. The second-order valence-electron chi connectivity index (χ2n) is 4.23. The first kappa shape index (κ1) is 16.0. The third kappa shape index (κ3) is 3.11. The summed E-state index contributed by atoms with van der Waals surface area (Å²) >= 11 is 0. The molecule has 0 saturated carbocycles. The summed E-state index contributed by atoms with van der Waals surface area (Å²) < 4.78 is 0. The molecule has 0 bridgehead atoms. The Bertz CT molecular complexity index is 626. The summed E-state index contributed by atoms with van der Waals surface area (Å²) in [5.74, 6) is 0. The number of nitrogens with two attached hydrogens (primary N) is 1. The van der Waals surface area contributed by atoms with Crippen molar-refractivity contribution in [3.8, 4) is 0 Å². The molecule has 0 spiro atoms. The average molecular weight is 295 g/mol. The maximum Gasteiger partial charge on any atom is 0.332 e. The van der Waals surface area contributed by atoms with Gasteiger partial charge in [0.25, 0.3) is 11.4 Å². The zero-order chi connectivity index (χ0) is 16.3. The topological polar surface area (TPSA) is 154 Å². The van der Waals surface area contributed by atoms with Crippen LogP contribution in [0.15, 0.2) is 5.10 Å². The van der Waals surface area contributed by atoms with Crippen LogP contribution in [0.25, 0.3) is 0 Å². The predicted octanol–water partition coefficient (Wildman–Crippen LogP) is 1.43. The highest BCUT2D eigenvalue weighted by Crippen LogP contribution is 2.36. The lowest BCUT2D eigenvalue weighted by Gasteiger charge is -2.10. The Morgan fingerprint density at radius 2 is 1.52 bits per heavy atom. The van der Waals surface area contributed by atoms with E-state index >= 15 is 0 Å². The van der Waals surface area contributed by atoms with Crippen LogP contribution in [0.3, 0.4) is 0 Å². The number of primary amides is 1. The van der Waals surface area contributed by atoms with E-state index in [1.54, 1.807) is 0 Å². The van der Waals surface area contributed by atoms with E-state index in [0.717, 1.165) is 6.21 Å². The number of urea groups is 1. The molecule has 1 aromatic carbocycles. The zero-order valence-electron chi connectivity index (χ0n) is 11.5. The molecule has 2 amide bonds. The maximum absolute atomic E-state index is 11.1. The van der Waals surface area contributed by atoms with Crippen LogP contribution < -0.4 is 11.2 Å². The van der Waals surface area contributed by atoms with E-state index in [-0.39, 0.29) is 33.6 Å². The van der Waals surface area contributed by atoms with E-state index in [9.17, 15) is 25.0 Å². The van der Waals surface area contributed by atoms with Gasteiger partial charge < -0.3 is 5.73 Å². The van der Waals surface area contributed by atoms with Gasteiger partial charge in [0.1, 0.15) is 5.56 Å². The van der Waals surface area contributed by atoms with Crippen molar-refractivity contribution in [1.82, 2.24) is 5.43 Å². The van der Waals surface area contributed by atoms with Crippen molar-refractivity contribution < 1.29 is 14.6 Å². The molecule has 1 aromatic rings. The van der Waals surface area contributed by atoms with Crippen LogP contribution in [0.1, 0.15) is 22.3 Å². The van der Waals surface area contributed by atoms with E-state index < -0.39 is 15.9 Å². The first-order chi connectivity index (χ1) is 9.68. The molecule has 10 heteroatoms. The van der Waals surface area contributed by atoms with Gasteiger partial charge in [-0.25, -0.2) is 10.2 Å².